The van der Waals surface area contributed by atoms with Crippen molar-refractivity contribution in [2.75, 3.05) is 15.8 Å². The third kappa shape index (κ3) is 5.03. The molecule has 198 valence electrons. The van der Waals surface area contributed by atoms with Crippen molar-refractivity contribution in [3.05, 3.63) is 81.7 Å². The first kappa shape index (κ1) is 25.6. The van der Waals surface area contributed by atoms with Crippen molar-refractivity contribution < 1.29 is 13.2 Å². The van der Waals surface area contributed by atoms with Crippen LogP contribution in [0.4, 0.5) is 10.8 Å². The van der Waals surface area contributed by atoms with Gasteiger partial charge < -0.3 is 5.32 Å². The Bertz CT molecular complexity index is 1870. The molecule has 0 saturated carbocycles. The summed E-state index contributed by atoms with van der Waals surface area (Å²) in [4.78, 5) is 34.8. The summed E-state index contributed by atoms with van der Waals surface area (Å²) >= 11 is 8.68. The lowest BCUT2D eigenvalue weighted by Gasteiger charge is -2.14. The maximum Gasteiger partial charge on any atom is 0.265 e. The topological polar surface area (TPSA) is 141 Å². The van der Waals surface area contributed by atoms with Gasteiger partial charge >= 0.3 is 0 Å². The van der Waals surface area contributed by atoms with Gasteiger partial charge in [-0.1, -0.05) is 29.4 Å². The van der Waals surface area contributed by atoms with Crippen LogP contribution in [-0.4, -0.2) is 44.4 Å². The van der Waals surface area contributed by atoms with Gasteiger partial charge in [0.05, 0.1) is 22.8 Å². The van der Waals surface area contributed by atoms with E-state index in [2.05, 4.69) is 25.1 Å². The van der Waals surface area contributed by atoms with Gasteiger partial charge in [0.2, 0.25) is 5.91 Å². The first-order valence-corrected chi connectivity index (χ1v) is 15.2. The van der Waals surface area contributed by atoms with Gasteiger partial charge in [0.25, 0.3) is 15.6 Å². The summed E-state index contributed by atoms with van der Waals surface area (Å²) in [6.07, 6.45) is 3.02. The minimum absolute atomic E-state index is 0.0387. The molecule has 0 fully saturated rings. The number of carbonyl (C=O) groups is 1. The number of amides is 1. The molecule has 1 aliphatic heterocycles. The van der Waals surface area contributed by atoms with Gasteiger partial charge in [0, 0.05) is 34.5 Å². The predicted octanol–water partition coefficient (Wildman–Crippen LogP) is 4.17. The Labute approximate surface area is 234 Å². The van der Waals surface area contributed by atoms with Gasteiger partial charge in [0.1, 0.15) is 5.39 Å². The quantitative estimate of drug-likeness (QED) is 0.266. The molecule has 0 radical (unpaired) electrons. The third-order valence-corrected chi connectivity index (χ3v) is 9.45. The minimum Gasteiger partial charge on any atom is -0.326 e. The molecule has 5 aromatic rings. The Hall–Kier alpha value is -3.72. The molecular weight excluding hydrogens is 582 g/mol. The second-order valence-electron chi connectivity index (χ2n) is 8.53. The van der Waals surface area contributed by atoms with Crippen molar-refractivity contribution in [2.45, 2.75) is 22.5 Å². The Morgan fingerprint density at radius 3 is 2.74 bits per heavy atom. The molecule has 0 saturated heterocycles. The van der Waals surface area contributed by atoms with E-state index in [0.717, 1.165) is 0 Å². The average molecular weight is 600 g/mol. The molecule has 1 amide bonds. The van der Waals surface area contributed by atoms with Gasteiger partial charge in [-0.25, -0.2) is 23.1 Å². The monoisotopic (exact) mass is 599 g/mol. The lowest BCUT2D eigenvalue weighted by Crippen LogP contribution is -2.27. The van der Waals surface area contributed by atoms with Crippen LogP contribution in [0.3, 0.4) is 0 Å². The number of anilines is 2. The van der Waals surface area contributed by atoms with E-state index < -0.39 is 16.1 Å². The number of fused-ring (bicyclic) bond motifs is 2. The average Bonchev–Trinajstić information content (AvgIpc) is 3.65. The molecule has 39 heavy (non-hydrogen) atoms. The molecule has 4 heterocycles. The van der Waals surface area contributed by atoms with Crippen molar-refractivity contribution in [3.8, 4) is 5.69 Å². The molecule has 15 heteroatoms. The SMILES string of the molecule is O=C(CC1CSc2nc3c(cnn3-c3cccc(Cl)c3)c(=O)n21)Nc1ccc(S(=O)(=O)Nc2nccs2)cc1. The Morgan fingerprint density at radius 1 is 1.18 bits per heavy atom. The van der Waals surface area contributed by atoms with Crippen molar-refractivity contribution >= 4 is 72.5 Å². The molecule has 11 nitrogen and oxygen atoms in total. The highest BCUT2D eigenvalue weighted by Crippen LogP contribution is 2.34. The highest BCUT2D eigenvalue weighted by atomic mass is 35.5. The van der Waals surface area contributed by atoms with E-state index in [1.807, 2.05) is 6.07 Å². The van der Waals surface area contributed by atoms with Crippen LogP contribution in [0.5, 0.6) is 0 Å². The number of benzene rings is 2. The zero-order valence-corrected chi connectivity index (χ0v) is 23.0. The number of hydrogen-bond donors (Lipinski definition) is 2. The molecule has 1 atom stereocenters. The molecule has 2 aromatic carbocycles. The molecule has 0 aliphatic carbocycles. The molecule has 1 aliphatic rings. The maximum atomic E-state index is 13.4. The largest absolute Gasteiger partial charge is 0.326 e. The molecule has 0 bridgehead atoms. The highest BCUT2D eigenvalue weighted by molar-refractivity contribution is 7.99. The summed E-state index contributed by atoms with van der Waals surface area (Å²) in [5.41, 5.74) is 1.27. The van der Waals surface area contributed by atoms with Crippen LogP contribution in [0.15, 0.2) is 81.2 Å². The number of thiazole rings is 1. The van der Waals surface area contributed by atoms with Gasteiger partial charge in [-0.2, -0.15) is 5.10 Å². The van der Waals surface area contributed by atoms with Gasteiger partial charge in [-0.3, -0.25) is 18.9 Å². The summed E-state index contributed by atoms with van der Waals surface area (Å²) in [6, 6.07) is 12.5. The van der Waals surface area contributed by atoms with Crippen LogP contribution < -0.4 is 15.6 Å². The Balaban J connectivity index is 1.18. The van der Waals surface area contributed by atoms with Crippen LogP contribution in [0.2, 0.25) is 5.02 Å². The molecular formula is C24H18ClN7O4S3. The minimum atomic E-state index is -3.80. The number of carbonyl (C=O) groups excluding carboxylic acids is 1. The van der Waals surface area contributed by atoms with E-state index in [-0.39, 0.29) is 27.9 Å². The molecule has 0 spiro atoms. The summed E-state index contributed by atoms with van der Waals surface area (Å²) in [5.74, 6) is 0.193. The number of aromatic nitrogens is 5. The lowest BCUT2D eigenvalue weighted by molar-refractivity contribution is -0.116. The fraction of sp³-hybridized carbons (Fsp3) is 0.125. The van der Waals surface area contributed by atoms with Crippen LogP contribution in [0.25, 0.3) is 16.7 Å². The Kier molecular flexibility index (Phi) is 6.62. The van der Waals surface area contributed by atoms with Crippen molar-refractivity contribution in [2.24, 2.45) is 0 Å². The number of halogens is 1. The van der Waals surface area contributed by atoms with E-state index in [4.69, 9.17) is 11.6 Å². The fourth-order valence-corrected chi connectivity index (χ4v) is 7.27. The molecule has 1 unspecified atom stereocenters. The summed E-state index contributed by atoms with van der Waals surface area (Å²) in [6.45, 7) is 0. The van der Waals surface area contributed by atoms with Crippen LogP contribution in [0.1, 0.15) is 12.5 Å². The second kappa shape index (κ2) is 10.1. The maximum absolute atomic E-state index is 13.4. The Morgan fingerprint density at radius 2 is 2.00 bits per heavy atom. The van der Waals surface area contributed by atoms with Crippen LogP contribution in [-0.2, 0) is 14.8 Å². The van der Waals surface area contributed by atoms with Crippen molar-refractivity contribution in [3.63, 3.8) is 0 Å². The summed E-state index contributed by atoms with van der Waals surface area (Å²) in [5, 5.41) is 10.4. The lowest BCUT2D eigenvalue weighted by atomic mass is 10.2. The first-order chi connectivity index (χ1) is 18.8. The zero-order valence-electron chi connectivity index (χ0n) is 19.8. The number of hydrogen-bond acceptors (Lipinski definition) is 9. The first-order valence-electron chi connectivity index (χ1n) is 11.5. The fourth-order valence-electron chi connectivity index (χ4n) is 4.17. The molecule has 2 N–H and O–H groups in total. The number of rotatable bonds is 7. The number of nitrogens with zero attached hydrogens (tertiary/aromatic N) is 5. The summed E-state index contributed by atoms with van der Waals surface area (Å²) in [7, 11) is -3.80. The molecule has 6 rings (SSSR count). The number of nitrogens with one attached hydrogen (secondary N) is 2. The van der Waals surface area contributed by atoms with E-state index in [9.17, 15) is 18.0 Å². The van der Waals surface area contributed by atoms with E-state index in [1.165, 1.54) is 64.3 Å². The van der Waals surface area contributed by atoms with Crippen molar-refractivity contribution in [1.82, 2.24) is 24.3 Å². The van der Waals surface area contributed by atoms with Gasteiger partial charge in [-0.05, 0) is 42.5 Å². The number of sulfonamides is 1. The standard InChI is InChI=1S/C24H18ClN7O4S3/c25-14-2-1-3-16(10-14)32-21-19(12-27-32)22(34)31-17(13-38-24(31)29-21)11-20(33)28-15-4-6-18(7-5-15)39(35,36)30-23-26-8-9-37-23/h1-10,12,17H,11,13H2,(H,26,30)(H,28,33). The van der Waals surface area contributed by atoms with Crippen LogP contribution in [0, 0.1) is 0 Å². The third-order valence-electron chi connectivity index (χ3n) is 5.95. The predicted molar refractivity (Wildman–Crippen MR) is 151 cm³/mol. The highest BCUT2D eigenvalue weighted by Gasteiger charge is 2.29. The molecule has 3 aromatic heterocycles. The van der Waals surface area contributed by atoms with Gasteiger partial charge in [0.15, 0.2) is 15.9 Å². The van der Waals surface area contributed by atoms with E-state index >= 15 is 0 Å². The van der Waals surface area contributed by atoms with Gasteiger partial charge in [-0.15, -0.1) is 11.3 Å². The summed E-state index contributed by atoms with van der Waals surface area (Å²) < 4.78 is 30.5. The second-order valence-corrected chi connectivity index (χ2v) is 12.5. The van der Waals surface area contributed by atoms with E-state index in [1.54, 1.807) is 28.3 Å². The number of thioether (sulfide) groups is 1. The van der Waals surface area contributed by atoms with Crippen LogP contribution >= 0.6 is 34.7 Å². The zero-order chi connectivity index (χ0) is 27.1. The van der Waals surface area contributed by atoms with Crippen molar-refractivity contribution in [1.29, 1.82) is 0 Å². The van der Waals surface area contributed by atoms with E-state index in [0.29, 0.717) is 38.3 Å². The smallest absolute Gasteiger partial charge is 0.265 e. The normalized spacial score (nSPS) is 14.8.